The van der Waals surface area contributed by atoms with E-state index in [0.717, 1.165) is 36.4 Å². The minimum Gasteiger partial charge on any atom is -0.475 e. The number of rotatable bonds is 11. The number of ether oxygens (including phenoxy) is 2. The number of alkyl halides is 3. The Morgan fingerprint density at radius 3 is 2.51 bits per heavy atom. The van der Waals surface area contributed by atoms with Crippen LogP contribution in [0.1, 0.15) is 47.0 Å². The van der Waals surface area contributed by atoms with Crippen molar-refractivity contribution < 1.29 is 22.6 Å². The zero-order valence-corrected chi connectivity index (χ0v) is 24.6. The molecule has 0 amide bonds. The number of anilines is 1. The maximum Gasteiger partial charge on any atom is 0.435 e. The van der Waals surface area contributed by atoms with Crippen molar-refractivity contribution in [1.82, 2.24) is 29.7 Å². The first-order chi connectivity index (χ1) is 19.3. The highest BCUT2D eigenvalue weighted by atomic mass is 127. The van der Waals surface area contributed by atoms with Crippen LogP contribution in [0.2, 0.25) is 0 Å². The Hall–Kier alpha value is -3.66. The number of aromatic nitrogens is 6. The van der Waals surface area contributed by atoms with Gasteiger partial charge in [0, 0.05) is 37.7 Å². The van der Waals surface area contributed by atoms with Crippen molar-refractivity contribution in [2.24, 2.45) is 0 Å². The number of methoxy groups -OCH3 is 1. The molecule has 0 saturated heterocycles. The second-order valence-corrected chi connectivity index (χ2v) is 9.30. The molecule has 2 N–H and O–H groups in total. The Balaban J connectivity index is 0.00000387. The van der Waals surface area contributed by atoms with E-state index < -0.39 is 11.9 Å². The van der Waals surface area contributed by atoms with Gasteiger partial charge in [0.25, 0.3) is 0 Å². The van der Waals surface area contributed by atoms with E-state index in [1.54, 1.807) is 44.5 Å². The topological polar surface area (TPSA) is 124 Å². The predicted octanol–water partition coefficient (Wildman–Crippen LogP) is 5.58. The average molecular weight is 680 g/mol. The monoisotopic (exact) mass is 680 g/mol. The summed E-state index contributed by atoms with van der Waals surface area (Å²) in [5.74, 6) is 1.48. The molecule has 0 aliphatic heterocycles. The Kier molecular flexibility index (Phi) is 9.53. The summed E-state index contributed by atoms with van der Waals surface area (Å²) in [6.07, 6.45) is 1.70. The molecular formula is C27H28F3IN8O2. The lowest BCUT2D eigenvalue weighted by Gasteiger charge is -2.15. The number of nitrogens with zero attached hydrogens (tertiary/aromatic N) is 6. The van der Waals surface area contributed by atoms with Gasteiger partial charge < -0.3 is 20.2 Å². The van der Waals surface area contributed by atoms with Crippen LogP contribution in [0.5, 0.6) is 5.88 Å². The van der Waals surface area contributed by atoms with Gasteiger partial charge in [-0.15, -0.1) is 24.0 Å². The molecule has 5 rings (SSSR count). The van der Waals surface area contributed by atoms with Gasteiger partial charge in [-0.05, 0) is 43.5 Å². The third kappa shape index (κ3) is 6.98. The molecule has 3 aromatic heterocycles. The second kappa shape index (κ2) is 12.9. The van der Waals surface area contributed by atoms with Gasteiger partial charge in [0.05, 0.1) is 23.6 Å². The molecule has 4 aromatic rings. The second-order valence-electron chi connectivity index (χ2n) is 9.30. The lowest BCUT2D eigenvalue weighted by Crippen LogP contribution is -2.11. The van der Waals surface area contributed by atoms with Crippen LogP contribution in [0.4, 0.5) is 19.0 Å². The third-order valence-corrected chi connectivity index (χ3v) is 6.35. The standard InChI is InChI=1S/C27H27F3N8O2.HI/c1-16-11-21(27(28,29)30)37-38(16)20-7-3-17(4-8-20)13-32-24-19(12-31)14-33-25(36-24)22-23(18-5-6-18)34-15-35-26(22)40-10-9-39-2;/h3-4,7-8,11-12,14-15,18,31H,5-6,9-10,13H2,1-2H3,(H,32,33,36);1H. The van der Waals surface area contributed by atoms with Crippen LogP contribution in [-0.4, -0.2) is 56.3 Å². The molecule has 0 radical (unpaired) electrons. The maximum atomic E-state index is 13.0. The molecule has 1 aromatic carbocycles. The van der Waals surface area contributed by atoms with E-state index in [4.69, 9.17) is 19.9 Å². The first-order valence-corrected chi connectivity index (χ1v) is 12.6. The van der Waals surface area contributed by atoms with Crippen molar-refractivity contribution in [3.8, 4) is 23.0 Å². The molecule has 10 nitrogen and oxygen atoms in total. The molecule has 0 spiro atoms. The van der Waals surface area contributed by atoms with Crippen molar-refractivity contribution >= 4 is 36.0 Å². The van der Waals surface area contributed by atoms with Crippen molar-refractivity contribution in [1.29, 1.82) is 5.41 Å². The van der Waals surface area contributed by atoms with Gasteiger partial charge in [-0.1, -0.05) is 12.1 Å². The SMILES string of the molecule is COCCOc1ncnc(C2CC2)c1-c1ncc(C=N)c(NCc2ccc(-n3nc(C(F)(F)F)cc3C)cc2)n1.I. The van der Waals surface area contributed by atoms with Gasteiger partial charge in [-0.25, -0.2) is 24.6 Å². The lowest BCUT2D eigenvalue weighted by molar-refractivity contribution is -0.141. The van der Waals surface area contributed by atoms with E-state index >= 15 is 0 Å². The van der Waals surface area contributed by atoms with Gasteiger partial charge in [0.1, 0.15) is 24.3 Å². The summed E-state index contributed by atoms with van der Waals surface area (Å²) < 4.78 is 51.4. The van der Waals surface area contributed by atoms with E-state index in [-0.39, 0.29) is 29.9 Å². The highest BCUT2D eigenvalue weighted by Gasteiger charge is 2.34. The van der Waals surface area contributed by atoms with E-state index in [2.05, 4.69) is 25.4 Å². The quantitative estimate of drug-likeness (QED) is 0.120. The number of hydrogen-bond acceptors (Lipinski definition) is 9. The molecule has 1 aliphatic carbocycles. The number of benzene rings is 1. The minimum absolute atomic E-state index is 0. The van der Waals surface area contributed by atoms with Crippen LogP contribution in [0, 0.1) is 12.3 Å². The number of hydrogen-bond donors (Lipinski definition) is 2. The van der Waals surface area contributed by atoms with E-state index in [0.29, 0.717) is 59.8 Å². The highest BCUT2D eigenvalue weighted by molar-refractivity contribution is 14.0. The van der Waals surface area contributed by atoms with Crippen molar-refractivity contribution in [3.05, 3.63) is 71.1 Å². The third-order valence-electron chi connectivity index (χ3n) is 6.35. The summed E-state index contributed by atoms with van der Waals surface area (Å²) in [7, 11) is 1.59. The molecule has 1 fully saturated rings. The van der Waals surface area contributed by atoms with Crippen molar-refractivity contribution in [2.45, 2.75) is 38.4 Å². The van der Waals surface area contributed by atoms with Gasteiger partial charge in [-0.3, -0.25) is 0 Å². The predicted molar refractivity (Wildman–Crippen MR) is 156 cm³/mol. The van der Waals surface area contributed by atoms with Crippen LogP contribution in [0.25, 0.3) is 17.1 Å². The number of nitrogens with one attached hydrogen (secondary N) is 2. The first-order valence-electron chi connectivity index (χ1n) is 12.6. The molecule has 0 atom stereocenters. The summed E-state index contributed by atoms with van der Waals surface area (Å²) in [5.41, 5.74) is 2.74. The summed E-state index contributed by atoms with van der Waals surface area (Å²) in [5, 5.41) is 14.8. The van der Waals surface area contributed by atoms with Gasteiger partial charge in [-0.2, -0.15) is 18.3 Å². The largest absolute Gasteiger partial charge is 0.475 e. The van der Waals surface area contributed by atoms with Gasteiger partial charge >= 0.3 is 6.18 Å². The fourth-order valence-corrected chi connectivity index (χ4v) is 4.16. The number of aryl methyl sites for hydroxylation is 1. The lowest BCUT2D eigenvalue weighted by atomic mass is 10.1. The zero-order chi connectivity index (χ0) is 28.3. The summed E-state index contributed by atoms with van der Waals surface area (Å²) >= 11 is 0. The summed E-state index contributed by atoms with van der Waals surface area (Å²) in [6.45, 7) is 2.62. The average Bonchev–Trinajstić information content (AvgIpc) is 3.72. The first kappa shape index (κ1) is 30.3. The van der Waals surface area contributed by atoms with Crippen LogP contribution in [0.15, 0.2) is 42.9 Å². The van der Waals surface area contributed by atoms with Crippen LogP contribution >= 0.6 is 24.0 Å². The van der Waals surface area contributed by atoms with E-state index in [1.165, 1.54) is 11.0 Å². The molecule has 0 bridgehead atoms. The fourth-order valence-electron chi connectivity index (χ4n) is 4.16. The smallest absolute Gasteiger partial charge is 0.435 e. The fraction of sp³-hybridized carbons (Fsp3) is 0.333. The molecule has 1 saturated carbocycles. The molecule has 14 heteroatoms. The molecule has 0 unspecified atom stereocenters. The summed E-state index contributed by atoms with van der Waals surface area (Å²) in [4.78, 5) is 18.0. The minimum atomic E-state index is -4.51. The van der Waals surface area contributed by atoms with E-state index in [1.807, 2.05) is 0 Å². The Labute approximate surface area is 251 Å². The van der Waals surface area contributed by atoms with E-state index in [9.17, 15) is 13.2 Å². The Morgan fingerprint density at radius 1 is 1.12 bits per heavy atom. The molecule has 41 heavy (non-hydrogen) atoms. The molecule has 1 aliphatic rings. The Bertz CT molecular complexity index is 1510. The maximum absolute atomic E-state index is 13.0. The molecule has 3 heterocycles. The zero-order valence-electron chi connectivity index (χ0n) is 22.3. The highest BCUT2D eigenvalue weighted by Crippen LogP contribution is 2.45. The van der Waals surface area contributed by atoms with Crippen LogP contribution in [0.3, 0.4) is 0 Å². The number of halogens is 4. The van der Waals surface area contributed by atoms with Gasteiger partial charge in [0.15, 0.2) is 11.5 Å². The van der Waals surface area contributed by atoms with Crippen molar-refractivity contribution in [2.75, 3.05) is 25.6 Å². The van der Waals surface area contributed by atoms with Crippen molar-refractivity contribution in [3.63, 3.8) is 0 Å². The molecule has 216 valence electrons. The summed E-state index contributed by atoms with van der Waals surface area (Å²) in [6, 6.07) is 8.00. The normalized spacial score (nSPS) is 13.0. The Morgan fingerprint density at radius 2 is 1.88 bits per heavy atom. The van der Waals surface area contributed by atoms with Gasteiger partial charge in [0.2, 0.25) is 5.88 Å². The van der Waals surface area contributed by atoms with Crippen LogP contribution < -0.4 is 10.1 Å². The molecular weight excluding hydrogens is 652 g/mol. The van der Waals surface area contributed by atoms with Crippen LogP contribution in [-0.2, 0) is 17.5 Å².